The molecule has 0 unspecified atom stereocenters. The second-order valence-electron chi connectivity index (χ2n) is 5.56. The van der Waals surface area contributed by atoms with Gasteiger partial charge in [0.1, 0.15) is 0 Å². The van der Waals surface area contributed by atoms with Gasteiger partial charge in [-0.3, -0.25) is 9.69 Å². The molecule has 20 heavy (non-hydrogen) atoms. The van der Waals surface area contributed by atoms with Crippen LogP contribution in [-0.2, 0) is 4.74 Å². The molecule has 1 aromatic heterocycles. The first-order valence-electron chi connectivity index (χ1n) is 7.29. The van der Waals surface area contributed by atoms with Crippen molar-refractivity contribution in [2.24, 2.45) is 0 Å². The van der Waals surface area contributed by atoms with E-state index in [-0.39, 0.29) is 5.91 Å². The standard InChI is InChI=1S/C14H21N3O3/c1-11-9-13(20-15-11)14(18)17-6-4-16(5-7-17)10-12-3-2-8-19-12/h9,12H,2-8,10H2,1H3/t12-/m1/s1. The molecule has 3 heterocycles. The third kappa shape index (κ3) is 3.02. The third-order valence-corrected chi connectivity index (χ3v) is 3.98. The normalized spacial score (nSPS) is 24.2. The highest BCUT2D eigenvalue weighted by molar-refractivity contribution is 5.91. The number of piperazine rings is 1. The van der Waals surface area contributed by atoms with E-state index >= 15 is 0 Å². The van der Waals surface area contributed by atoms with Gasteiger partial charge in [-0.15, -0.1) is 0 Å². The zero-order valence-corrected chi connectivity index (χ0v) is 11.9. The summed E-state index contributed by atoms with van der Waals surface area (Å²) >= 11 is 0. The molecule has 2 fully saturated rings. The summed E-state index contributed by atoms with van der Waals surface area (Å²) in [5.41, 5.74) is 0.741. The van der Waals surface area contributed by atoms with Gasteiger partial charge in [0.05, 0.1) is 11.8 Å². The first-order chi connectivity index (χ1) is 9.72. The van der Waals surface area contributed by atoms with Gasteiger partial charge < -0.3 is 14.2 Å². The summed E-state index contributed by atoms with van der Waals surface area (Å²) in [6.07, 6.45) is 2.72. The van der Waals surface area contributed by atoms with Crippen LogP contribution in [0, 0.1) is 6.92 Å². The average molecular weight is 279 g/mol. The lowest BCUT2D eigenvalue weighted by Crippen LogP contribution is -2.50. The lowest BCUT2D eigenvalue weighted by Gasteiger charge is -2.35. The Morgan fingerprint density at radius 2 is 2.20 bits per heavy atom. The molecule has 0 aromatic carbocycles. The first kappa shape index (κ1) is 13.6. The molecule has 0 spiro atoms. The summed E-state index contributed by atoms with van der Waals surface area (Å²) < 4.78 is 10.7. The van der Waals surface area contributed by atoms with Crippen LogP contribution in [0.1, 0.15) is 29.1 Å². The van der Waals surface area contributed by atoms with Gasteiger partial charge in [0, 0.05) is 45.4 Å². The summed E-state index contributed by atoms with van der Waals surface area (Å²) in [5, 5.41) is 3.77. The van der Waals surface area contributed by atoms with E-state index < -0.39 is 0 Å². The fraction of sp³-hybridized carbons (Fsp3) is 0.714. The number of carbonyl (C=O) groups excluding carboxylic acids is 1. The molecule has 6 heteroatoms. The zero-order chi connectivity index (χ0) is 13.9. The molecule has 0 radical (unpaired) electrons. The minimum atomic E-state index is -0.0534. The fourth-order valence-electron chi connectivity index (χ4n) is 2.83. The van der Waals surface area contributed by atoms with Crippen LogP contribution in [0.25, 0.3) is 0 Å². The Morgan fingerprint density at radius 3 is 2.80 bits per heavy atom. The van der Waals surface area contributed by atoms with Crippen molar-refractivity contribution < 1.29 is 14.1 Å². The number of nitrogens with zero attached hydrogens (tertiary/aromatic N) is 3. The summed E-state index contributed by atoms with van der Waals surface area (Å²) in [4.78, 5) is 16.4. The summed E-state index contributed by atoms with van der Waals surface area (Å²) in [6, 6.07) is 1.70. The number of hydrogen-bond acceptors (Lipinski definition) is 5. The van der Waals surface area contributed by atoms with Gasteiger partial charge in [-0.2, -0.15) is 0 Å². The van der Waals surface area contributed by atoms with Gasteiger partial charge in [-0.05, 0) is 19.8 Å². The third-order valence-electron chi connectivity index (χ3n) is 3.98. The van der Waals surface area contributed by atoms with E-state index in [1.165, 1.54) is 6.42 Å². The van der Waals surface area contributed by atoms with Gasteiger partial charge in [-0.1, -0.05) is 5.16 Å². The Bertz CT molecular complexity index is 460. The van der Waals surface area contributed by atoms with Crippen molar-refractivity contribution in [3.8, 4) is 0 Å². The number of rotatable bonds is 3. The van der Waals surface area contributed by atoms with Crippen molar-refractivity contribution in [3.05, 3.63) is 17.5 Å². The van der Waals surface area contributed by atoms with Crippen LogP contribution in [0.2, 0.25) is 0 Å². The maximum atomic E-state index is 12.2. The highest BCUT2D eigenvalue weighted by Crippen LogP contribution is 2.15. The van der Waals surface area contributed by atoms with Crippen LogP contribution >= 0.6 is 0 Å². The Balaban J connectivity index is 1.49. The lowest BCUT2D eigenvalue weighted by atomic mass is 10.2. The van der Waals surface area contributed by atoms with Gasteiger partial charge in [0.2, 0.25) is 5.76 Å². The first-order valence-corrected chi connectivity index (χ1v) is 7.29. The molecule has 0 aliphatic carbocycles. The topological polar surface area (TPSA) is 58.8 Å². The predicted molar refractivity (Wildman–Crippen MR) is 72.6 cm³/mol. The number of carbonyl (C=O) groups is 1. The Kier molecular flexibility index (Phi) is 4.03. The SMILES string of the molecule is Cc1cc(C(=O)N2CCN(C[C@H]3CCCO3)CC2)on1. The van der Waals surface area contributed by atoms with Gasteiger partial charge in [-0.25, -0.2) is 0 Å². The second kappa shape index (κ2) is 5.93. The molecule has 1 aromatic rings. The molecule has 0 saturated carbocycles. The van der Waals surface area contributed by atoms with Crippen molar-refractivity contribution >= 4 is 5.91 Å². The van der Waals surface area contributed by atoms with Gasteiger partial charge in [0.15, 0.2) is 0 Å². The molecule has 110 valence electrons. The van der Waals surface area contributed by atoms with Gasteiger partial charge >= 0.3 is 0 Å². The Morgan fingerprint density at radius 1 is 1.40 bits per heavy atom. The summed E-state index contributed by atoms with van der Waals surface area (Å²) in [6.45, 7) is 6.99. The number of aromatic nitrogens is 1. The molecule has 3 rings (SSSR count). The van der Waals surface area contributed by atoms with Crippen molar-refractivity contribution in [3.63, 3.8) is 0 Å². The summed E-state index contributed by atoms with van der Waals surface area (Å²) in [5.74, 6) is 0.289. The quantitative estimate of drug-likeness (QED) is 0.823. The lowest BCUT2D eigenvalue weighted by molar-refractivity contribution is 0.0412. The fourth-order valence-corrected chi connectivity index (χ4v) is 2.83. The molecule has 1 amide bonds. The van der Waals surface area contributed by atoms with E-state index in [9.17, 15) is 4.79 Å². The molecule has 6 nitrogen and oxygen atoms in total. The van der Waals surface area contributed by atoms with Crippen LogP contribution in [0.5, 0.6) is 0 Å². The Hall–Kier alpha value is -1.40. The molecule has 0 N–H and O–H groups in total. The molecule has 2 saturated heterocycles. The summed E-state index contributed by atoms with van der Waals surface area (Å²) in [7, 11) is 0. The minimum Gasteiger partial charge on any atom is -0.377 e. The maximum absolute atomic E-state index is 12.2. The van der Waals surface area contributed by atoms with E-state index in [0.29, 0.717) is 11.9 Å². The van der Waals surface area contributed by atoms with Crippen LogP contribution in [0.3, 0.4) is 0 Å². The molecular weight excluding hydrogens is 258 g/mol. The highest BCUT2D eigenvalue weighted by atomic mass is 16.5. The van der Waals surface area contributed by atoms with E-state index in [1.54, 1.807) is 6.07 Å². The zero-order valence-electron chi connectivity index (χ0n) is 11.9. The van der Waals surface area contributed by atoms with Gasteiger partial charge in [0.25, 0.3) is 5.91 Å². The van der Waals surface area contributed by atoms with E-state index in [0.717, 1.165) is 51.4 Å². The molecular formula is C14H21N3O3. The van der Waals surface area contributed by atoms with E-state index in [4.69, 9.17) is 9.26 Å². The predicted octanol–water partition coefficient (Wildman–Crippen LogP) is 0.920. The largest absolute Gasteiger partial charge is 0.377 e. The van der Waals surface area contributed by atoms with Crippen LogP contribution in [-0.4, -0.2) is 66.3 Å². The molecule has 1 atom stereocenters. The van der Waals surface area contributed by atoms with E-state index in [2.05, 4.69) is 10.1 Å². The van der Waals surface area contributed by atoms with E-state index in [1.807, 2.05) is 11.8 Å². The van der Waals surface area contributed by atoms with Crippen molar-refractivity contribution in [2.45, 2.75) is 25.9 Å². The molecule has 0 bridgehead atoms. The van der Waals surface area contributed by atoms with Crippen molar-refractivity contribution in [1.82, 2.24) is 15.0 Å². The smallest absolute Gasteiger partial charge is 0.292 e. The highest BCUT2D eigenvalue weighted by Gasteiger charge is 2.26. The molecule has 2 aliphatic rings. The van der Waals surface area contributed by atoms with Crippen LogP contribution in [0.15, 0.2) is 10.6 Å². The van der Waals surface area contributed by atoms with Crippen molar-refractivity contribution in [1.29, 1.82) is 0 Å². The average Bonchev–Trinajstić information content (AvgIpc) is 3.10. The number of aryl methyl sites for hydroxylation is 1. The van der Waals surface area contributed by atoms with Crippen LogP contribution in [0.4, 0.5) is 0 Å². The maximum Gasteiger partial charge on any atom is 0.292 e. The minimum absolute atomic E-state index is 0.0534. The second-order valence-corrected chi connectivity index (χ2v) is 5.56. The number of hydrogen-bond donors (Lipinski definition) is 0. The van der Waals surface area contributed by atoms with Crippen molar-refractivity contribution in [2.75, 3.05) is 39.3 Å². The Labute approximate surface area is 118 Å². The number of amides is 1. The number of ether oxygens (including phenoxy) is 1. The molecule has 2 aliphatic heterocycles. The monoisotopic (exact) mass is 279 g/mol. The van der Waals surface area contributed by atoms with Crippen LogP contribution < -0.4 is 0 Å².